The third kappa shape index (κ3) is 10.3. The first-order chi connectivity index (χ1) is 14.3. The van der Waals surface area contributed by atoms with Gasteiger partial charge in [-0.25, -0.2) is 4.79 Å². The quantitative estimate of drug-likeness (QED) is 0.559. The molecule has 2 N–H and O–H groups in total. The fourth-order valence-corrected chi connectivity index (χ4v) is 3.68. The molecule has 2 aromatic rings. The Balaban J connectivity index is 1.77. The molecule has 1 heterocycles. The van der Waals surface area contributed by atoms with E-state index in [2.05, 4.69) is 15.6 Å². The number of ether oxygens (including phenoxy) is 1. The van der Waals surface area contributed by atoms with Crippen molar-refractivity contribution in [3.05, 3.63) is 66.0 Å². The Morgan fingerprint density at radius 3 is 2.50 bits per heavy atom. The first-order valence-corrected chi connectivity index (χ1v) is 11.2. The number of carbonyl (C=O) groups is 2. The number of hydrogen-bond donors (Lipinski definition) is 2. The van der Waals surface area contributed by atoms with E-state index < -0.39 is 11.7 Å². The van der Waals surface area contributed by atoms with E-state index in [1.54, 1.807) is 18.0 Å². The molecule has 1 aromatic heterocycles. The van der Waals surface area contributed by atoms with Gasteiger partial charge in [-0.3, -0.25) is 9.78 Å². The van der Waals surface area contributed by atoms with E-state index >= 15 is 0 Å². The maximum absolute atomic E-state index is 12.2. The van der Waals surface area contributed by atoms with Gasteiger partial charge in [-0.15, -0.1) is 0 Å². The maximum Gasteiger partial charge on any atom is 0.407 e. The molecule has 0 radical (unpaired) electrons. The zero-order valence-corrected chi connectivity index (χ0v) is 18.7. The number of nitrogens with one attached hydrogen (secondary N) is 2. The molecule has 2 amide bonds. The Kier molecular flexibility index (Phi) is 9.67. The molecule has 0 aliphatic carbocycles. The van der Waals surface area contributed by atoms with Crippen LogP contribution in [0.2, 0.25) is 0 Å². The molecule has 1 aromatic carbocycles. The number of thioether (sulfide) groups is 1. The lowest BCUT2D eigenvalue weighted by atomic mass is 10.1. The predicted octanol–water partition coefficient (Wildman–Crippen LogP) is 3.96. The normalized spacial score (nSPS) is 12.1. The molecule has 0 bridgehead atoms. The predicted molar refractivity (Wildman–Crippen MR) is 121 cm³/mol. The van der Waals surface area contributed by atoms with Gasteiger partial charge in [-0.05, 0) is 44.9 Å². The number of aromatic nitrogens is 1. The van der Waals surface area contributed by atoms with Crippen molar-refractivity contribution in [3.8, 4) is 0 Å². The van der Waals surface area contributed by atoms with Gasteiger partial charge in [-0.1, -0.05) is 36.4 Å². The highest BCUT2D eigenvalue weighted by Gasteiger charge is 2.20. The highest BCUT2D eigenvalue weighted by molar-refractivity contribution is 7.99. The van der Waals surface area contributed by atoms with Crippen molar-refractivity contribution in [3.63, 3.8) is 0 Å². The van der Waals surface area contributed by atoms with E-state index in [1.807, 2.05) is 69.3 Å². The first-order valence-electron chi connectivity index (χ1n) is 10.1. The van der Waals surface area contributed by atoms with Gasteiger partial charge in [-0.2, -0.15) is 11.8 Å². The first kappa shape index (κ1) is 23.7. The summed E-state index contributed by atoms with van der Waals surface area (Å²) < 4.78 is 5.40. The number of pyridine rings is 1. The van der Waals surface area contributed by atoms with Crippen LogP contribution >= 0.6 is 11.8 Å². The summed E-state index contributed by atoms with van der Waals surface area (Å²) in [5.41, 5.74) is 1.44. The molecule has 1 atom stereocenters. The van der Waals surface area contributed by atoms with Gasteiger partial charge in [0.25, 0.3) is 0 Å². The molecule has 0 aliphatic rings. The number of carbonyl (C=O) groups excluding carboxylic acids is 2. The standard InChI is InChI=1S/C23H31N3O3S/c1-23(2,3)29-22(28)26-20(15-18-9-5-4-6-10-18)17-30-14-12-21(27)25-16-19-11-7-8-13-24-19/h4-11,13,20H,12,14-17H2,1-3H3,(H,25,27)(H,26,28)/t20-/m0/s1. The van der Waals surface area contributed by atoms with Gasteiger partial charge in [0.05, 0.1) is 12.2 Å². The summed E-state index contributed by atoms with van der Waals surface area (Å²) in [6.45, 7) is 5.96. The highest BCUT2D eigenvalue weighted by Crippen LogP contribution is 2.12. The summed E-state index contributed by atoms with van der Waals surface area (Å²) >= 11 is 1.64. The van der Waals surface area contributed by atoms with E-state index in [9.17, 15) is 9.59 Å². The molecule has 0 aliphatic heterocycles. The van der Waals surface area contributed by atoms with Crippen LogP contribution in [0.5, 0.6) is 0 Å². The number of nitrogens with zero attached hydrogens (tertiary/aromatic N) is 1. The van der Waals surface area contributed by atoms with Crippen LogP contribution in [0.1, 0.15) is 38.4 Å². The van der Waals surface area contributed by atoms with E-state index in [0.717, 1.165) is 11.3 Å². The summed E-state index contributed by atoms with van der Waals surface area (Å²) in [6.07, 6.45) is 2.42. The van der Waals surface area contributed by atoms with Crippen LogP contribution in [0.3, 0.4) is 0 Å². The molecular formula is C23H31N3O3S. The topological polar surface area (TPSA) is 80.3 Å². The molecule has 2 rings (SSSR count). The minimum absolute atomic E-state index is 0.00661. The van der Waals surface area contributed by atoms with Gasteiger partial charge in [0, 0.05) is 30.2 Å². The van der Waals surface area contributed by atoms with Crippen LogP contribution < -0.4 is 10.6 Å². The molecular weight excluding hydrogens is 398 g/mol. The lowest BCUT2D eigenvalue weighted by Crippen LogP contribution is -2.41. The Morgan fingerprint density at radius 2 is 1.83 bits per heavy atom. The number of amides is 2. The zero-order valence-electron chi connectivity index (χ0n) is 17.9. The van der Waals surface area contributed by atoms with Gasteiger partial charge >= 0.3 is 6.09 Å². The number of alkyl carbamates (subject to hydrolysis) is 1. The van der Waals surface area contributed by atoms with Crippen LogP contribution in [0.15, 0.2) is 54.7 Å². The largest absolute Gasteiger partial charge is 0.444 e. The zero-order chi connectivity index (χ0) is 21.8. The maximum atomic E-state index is 12.2. The molecule has 162 valence electrons. The number of hydrogen-bond acceptors (Lipinski definition) is 5. The molecule has 0 saturated carbocycles. The van der Waals surface area contributed by atoms with Crippen molar-refractivity contribution in [2.45, 2.75) is 51.8 Å². The Labute approximate surface area is 183 Å². The van der Waals surface area contributed by atoms with Crippen LogP contribution in [-0.2, 0) is 22.5 Å². The van der Waals surface area contributed by atoms with Crippen LogP contribution in [0.25, 0.3) is 0 Å². The number of benzene rings is 1. The lowest BCUT2D eigenvalue weighted by molar-refractivity contribution is -0.120. The second-order valence-corrected chi connectivity index (χ2v) is 9.11. The Morgan fingerprint density at radius 1 is 1.10 bits per heavy atom. The van der Waals surface area contributed by atoms with E-state index in [0.29, 0.717) is 30.9 Å². The van der Waals surface area contributed by atoms with Crippen LogP contribution in [0.4, 0.5) is 4.79 Å². The number of rotatable bonds is 10. The fourth-order valence-electron chi connectivity index (χ4n) is 2.70. The second kappa shape index (κ2) is 12.2. The molecule has 0 unspecified atom stereocenters. The molecule has 6 nitrogen and oxygen atoms in total. The summed E-state index contributed by atoms with van der Waals surface area (Å²) in [5, 5.41) is 5.85. The minimum Gasteiger partial charge on any atom is -0.444 e. The van der Waals surface area contributed by atoms with Crippen molar-refractivity contribution in [2.75, 3.05) is 11.5 Å². The second-order valence-electron chi connectivity index (χ2n) is 7.96. The third-order valence-electron chi connectivity index (χ3n) is 4.03. The smallest absolute Gasteiger partial charge is 0.407 e. The Hall–Kier alpha value is -2.54. The summed E-state index contributed by atoms with van der Waals surface area (Å²) in [7, 11) is 0. The van der Waals surface area contributed by atoms with Crippen molar-refractivity contribution in [2.24, 2.45) is 0 Å². The van der Waals surface area contributed by atoms with Gasteiger partial charge in [0.15, 0.2) is 0 Å². The monoisotopic (exact) mass is 429 g/mol. The SMILES string of the molecule is CC(C)(C)OC(=O)N[C@H](CSCCC(=O)NCc1ccccn1)Cc1ccccc1. The molecule has 0 spiro atoms. The van der Waals surface area contributed by atoms with E-state index in [4.69, 9.17) is 4.74 Å². The Bertz CT molecular complexity index is 779. The average molecular weight is 430 g/mol. The van der Waals surface area contributed by atoms with Gasteiger partial charge in [0.2, 0.25) is 5.91 Å². The van der Waals surface area contributed by atoms with Crippen molar-refractivity contribution < 1.29 is 14.3 Å². The average Bonchev–Trinajstić information content (AvgIpc) is 2.69. The summed E-state index contributed by atoms with van der Waals surface area (Å²) in [5.74, 6) is 1.37. The highest BCUT2D eigenvalue weighted by atomic mass is 32.2. The molecule has 7 heteroatoms. The minimum atomic E-state index is -0.541. The van der Waals surface area contributed by atoms with E-state index in [-0.39, 0.29) is 11.9 Å². The van der Waals surface area contributed by atoms with Crippen LogP contribution in [0, 0.1) is 0 Å². The van der Waals surface area contributed by atoms with Crippen LogP contribution in [-0.4, -0.2) is 40.1 Å². The van der Waals surface area contributed by atoms with Crippen molar-refractivity contribution >= 4 is 23.8 Å². The van der Waals surface area contributed by atoms with E-state index in [1.165, 1.54) is 0 Å². The third-order valence-corrected chi connectivity index (χ3v) is 5.16. The molecule has 30 heavy (non-hydrogen) atoms. The molecule has 0 fully saturated rings. The van der Waals surface area contributed by atoms with Crippen molar-refractivity contribution in [1.82, 2.24) is 15.6 Å². The van der Waals surface area contributed by atoms with Gasteiger partial charge in [0.1, 0.15) is 5.60 Å². The van der Waals surface area contributed by atoms with Crippen molar-refractivity contribution in [1.29, 1.82) is 0 Å². The van der Waals surface area contributed by atoms with Gasteiger partial charge < -0.3 is 15.4 Å². The summed E-state index contributed by atoms with van der Waals surface area (Å²) in [4.78, 5) is 28.4. The lowest BCUT2D eigenvalue weighted by Gasteiger charge is -2.23. The molecule has 0 saturated heterocycles. The summed E-state index contributed by atoms with van der Waals surface area (Å²) in [6, 6.07) is 15.6. The fraction of sp³-hybridized carbons (Fsp3) is 0.435.